The zero-order chi connectivity index (χ0) is 15.0. The summed E-state index contributed by atoms with van der Waals surface area (Å²) in [5.74, 6) is 1.06. The van der Waals surface area contributed by atoms with Gasteiger partial charge >= 0.3 is 0 Å². The lowest BCUT2D eigenvalue weighted by Gasteiger charge is -2.39. The molecule has 22 heavy (non-hydrogen) atoms. The number of aliphatic hydroxyl groups excluding tert-OH is 1. The van der Waals surface area contributed by atoms with Crippen LogP contribution in [0.15, 0.2) is 24.3 Å². The average Bonchev–Trinajstić information content (AvgIpc) is 3.14. The van der Waals surface area contributed by atoms with Crippen molar-refractivity contribution in [1.82, 2.24) is 4.90 Å². The highest BCUT2D eigenvalue weighted by molar-refractivity contribution is 5.07. The minimum absolute atomic E-state index is 0.107. The van der Waals surface area contributed by atoms with Crippen LogP contribution in [0.2, 0.25) is 0 Å². The summed E-state index contributed by atoms with van der Waals surface area (Å²) < 4.78 is 12.4. The van der Waals surface area contributed by atoms with Gasteiger partial charge < -0.3 is 14.6 Å². The van der Waals surface area contributed by atoms with Crippen LogP contribution in [0.4, 0.5) is 0 Å². The largest absolute Gasteiger partial charge is 0.394 e. The lowest BCUT2D eigenvalue weighted by Crippen LogP contribution is -2.54. The molecule has 2 aliphatic heterocycles. The van der Waals surface area contributed by atoms with Crippen molar-refractivity contribution in [3.05, 3.63) is 24.3 Å². The molecule has 0 radical (unpaired) electrons. The Balaban J connectivity index is 1.58. The fraction of sp³-hybridized carbons (Fsp3) is 0.778. The molecule has 4 rings (SSSR count). The third-order valence-corrected chi connectivity index (χ3v) is 5.86. The van der Waals surface area contributed by atoms with E-state index in [9.17, 15) is 5.11 Å². The number of nitrogens with zero attached hydrogens (tertiary/aromatic N) is 1. The van der Waals surface area contributed by atoms with Crippen LogP contribution in [0.1, 0.15) is 38.5 Å². The molecule has 122 valence electrons. The molecular formula is C18H27NO3. The summed E-state index contributed by atoms with van der Waals surface area (Å²) in [6, 6.07) is 0. The van der Waals surface area contributed by atoms with Crippen molar-refractivity contribution < 1.29 is 14.6 Å². The SMILES string of the molecule is OCC12CO[C@H]([C@@H]3CC=CCC3)N1[C@@H]([C@H]1CC=CCC1)OC2. The van der Waals surface area contributed by atoms with Crippen LogP contribution in [-0.2, 0) is 9.47 Å². The Bertz CT molecular complexity index is 425. The maximum Gasteiger partial charge on any atom is 0.116 e. The maximum absolute atomic E-state index is 10.0. The summed E-state index contributed by atoms with van der Waals surface area (Å²) in [7, 11) is 0. The first-order valence-corrected chi connectivity index (χ1v) is 8.76. The van der Waals surface area contributed by atoms with E-state index in [2.05, 4.69) is 29.2 Å². The Morgan fingerprint density at radius 1 is 0.909 bits per heavy atom. The van der Waals surface area contributed by atoms with E-state index in [1.165, 1.54) is 12.8 Å². The number of aliphatic hydroxyl groups is 1. The monoisotopic (exact) mass is 305 g/mol. The molecule has 0 aromatic heterocycles. The van der Waals surface area contributed by atoms with E-state index in [0.717, 1.165) is 25.7 Å². The van der Waals surface area contributed by atoms with E-state index in [1.54, 1.807) is 0 Å². The van der Waals surface area contributed by atoms with Crippen LogP contribution in [0.25, 0.3) is 0 Å². The minimum Gasteiger partial charge on any atom is -0.394 e. The molecule has 5 atom stereocenters. The van der Waals surface area contributed by atoms with Gasteiger partial charge in [0, 0.05) is 11.8 Å². The summed E-state index contributed by atoms with van der Waals surface area (Å²) in [5.41, 5.74) is -0.308. The first-order chi connectivity index (χ1) is 10.8. The van der Waals surface area contributed by atoms with Crippen molar-refractivity contribution >= 4 is 0 Å². The van der Waals surface area contributed by atoms with Crippen molar-refractivity contribution in [2.45, 2.75) is 56.5 Å². The van der Waals surface area contributed by atoms with Crippen molar-refractivity contribution in [2.75, 3.05) is 19.8 Å². The van der Waals surface area contributed by atoms with Gasteiger partial charge in [-0.1, -0.05) is 24.3 Å². The lowest BCUT2D eigenvalue weighted by atomic mass is 9.88. The van der Waals surface area contributed by atoms with Crippen molar-refractivity contribution in [2.24, 2.45) is 11.8 Å². The first-order valence-electron chi connectivity index (χ1n) is 8.76. The Morgan fingerprint density at radius 3 is 1.86 bits per heavy atom. The van der Waals surface area contributed by atoms with E-state index >= 15 is 0 Å². The molecule has 0 aromatic carbocycles. The van der Waals surface area contributed by atoms with E-state index < -0.39 is 0 Å². The number of ether oxygens (including phenoxy) is 2. The predicted octanol–water partition coefficient (Wildman–Crippen LogP) is 2.44. The molecule has 1 unspecified atom stereocenters. The Labute approximate surface area is 132 Å². The highest BCUT2D eigenvalue weighted by Crippen LogP contribution is 2.45. The highest BCUT2D eigenvalue weighted by Gasteiger charge is 2.58. The van der Waals surface area contributed by atoms with Gasteiger partial charge in [-0.3, -0.25) is 0 Å². The molecule has 1 N–H and O–H groups in total. The molecule has 0 aromatic rings. The summed E-state index contributed by atoms with van der Waals surface area (Å²) in [6.45, 7) is 1.34. The molecule has 2 aliphatic carbocycles. The second-order valence-electron chi connectivity index (χ2n) is 7.28. The van der Waals surface area contributed by atoms with Crippen LogP contribution in [0.3, 0.4) is 0 Å². The van der Waals surface area contributed by atoms with Crippen LogP contribution < -0.4 is 0 Å². The van der Waals surface area contributed by atoms with Crippen molar-refractivity contribution in [3.8, 4) is 0 Å². The molecule has 0 bridgehead atoms. The third kappa shape index (κ3) is 2.37. The van der Waals surface area contributed by atoms with E-state index in [0.29, 0.717) is 25.0 Å². The summed E-state index contributed by atoms with van der Waals surface area (Å²) >= 11 is 0. The zero-order valence-corrected chi connectivity index (χ0v) is 13.2. The lowest BCUT2D eigenvalue weighted by molar-refractivity contribution is -0.109. The molecule has 4 aliphatic rings. The topological polar surface area (TPSA) is 41.9 Å². The van der Waals surface area contributed by atoms with E-state index in [1.807, 2.05) is 0 Å². The van der Waals surface area contributed by atoms with Gasteiger partial charge in [0.15, 0.2) is 0 Å². The Kier molecular flexibility index (Phi) is 4.11. The highest BCUT2D eigenvalue weighted by atomic mass is 16.6. The normalized spacial score (nSPS) is 45.3. The quantitative estimate of drug-likeness (QED) is 0.813. The van der Waals surface area contributed by atoms with Gasteiger partial charge in [-0.2, -0.15) is 0 Å². The fourth-order valence-electron chi connectivity index (χ4n) is 4.57. The zero-order valence-electron chi connectivity index (χ0n) is 13.2. The van der Waals surface area contributed by atoms with E-state index in [4.69, 9.17) is 9.47 Å². The van der Waals surface area contributed by atoms with Crippen LogP contribution in [0, 0.1) is 11.8 Å². The second-order valence-corrected chi connectivity index (χ2v) is 7.28. The van der Waals surface area contributed by atoms with Crippen LogP contribution >= 0.6 is 0 Å². The molecular weight excluding hydrogens is 278 g/mol. The summed E-state index contributed by atoms with van der Waals surface area (Å²) in [6.07, 6.45) is 16.1. The van der Waals surface area contributed by atoms with Crippen LogP contribution in [0.5, 0.6) is 0 Å². The number of hydrogen-bond acceptors (Lipinski definition) is 4. The minimum atomic E-state index is -0.308. The van der Waals surface area contributed by atoms with E-state index in [-0.39, 0.29) is 24.6 Å². The number of allylic oxidation sites excluding steroid dienone is 4. The standard InChI is InChI=1S/C18H27NO3/c20-11-18-12-21-16(14-7-3-1-4-8-14)19(18)17(22-13-18)15-9-5-2-6-10-15/h1-3,5,14-17,20H,4,6-13H2/t14-,15+,16-,17-,18?/m1/s1. The molecule has 0 spiro atoms. The number of rotatable bonds is 3. The molecule has 2 fully saturated rings. The molecule has 2 saturated heterocycles. The van der Waals surface area contributed by atoms with Gasteiger partial charge in [-0.15, -0.1) is 0 Å². The predicted molar refractivity (Wildman–Crippen MR) is 84.1 cm³/mol. The van der Waals surface area contributed by atoms with Gasteiger partial charge in [-0.25, -0.2) is 4.90 Å². The molecule has 2 heterocycles. The number of hydrogen-bond donors (Lipinski definition) is 1. The number of fused-ring (bicyclic) bond motifs is 1. The van der Waals surface area contributed by atoms with Crippen LogP contribution in [-0.4, -0.2) is 47.8 Å². The van der Waals surface area contributed by atoms with Crippen molar-refractivity contribution in [1.29, 1.82) is 0 Å². The molecule has 0 amide bonds. The second kappa shape index (κ2) is 6.08. The van der Waals surface area contributed by atoms with Gasteiger partial charge in [0.05, 0.1) is 25.4 Å². The Morgan fingerprint density at radius 2 is 1.45 bits per heavy atom. The van der Waals surface area contributed by atoms with Gasteiger partial charge in [-0.05, 0) is 38.5 Å². The van der Waals surface area contributed by atoms with Gasteiger partial charge in [0.25, 0.3) is 0 Å². The van der Waals surface area contributed by atoms with Gasteiger partial charge in [0.2, 0.25) is 0 Å². The molecule has 4 heteroatoms. The van der Waals surface area contributed by atoms with Gasteiger partial charge in [0.1, 0.15) is 12.5 Å². The molecule has 4 nitrogen and oxygen atoms in total. The Hall–Kier alpha value is -0.680. The maximum atomic E-state index is 10.0. The fourth-order valence-corrected chi connectivity index (χ4v) is 4.57. The average molecular weight is 305 g/mol. The summed E-state index contributed by atoms with van der Waals surface area (Å²) in [5, 5.41) is 10.0. The van der Waals surface area contributed by atoms with Crippen molar-refractivity contribution in [3.63, 3.8) is 0 Å². The smallest absolute Gasteiger partial charge is 0.116 e. The summed E-state index contributed by atoms with van der Waals surface area (Å²) in [4.78, 5) is 2.42. The molecule has 0 saturated carbocycles. The third-order valence-electron chi connectivity index (χ3n) is 5.86. The first kappa shape index (κ1) is 14.9.